The van der Waals surface area contributed by atoms with E-state index >= 15 is 0 Å². The summed E-state index contributed by atoms with van der Waals surface area (Å²) < 4.78 is 5.69. The van der Waals surface area contributed by atoms with E-state index in [0.717, 1.165) is 11.3 Å². The van der Waals surface area contributed by atoms with E-state index in [-0.39, 0.29) is 24.5 Å². The summed E-state index contributed by atoms with van der Waals surface area (Å²) in [5.74, 6) is -0.0706. The van der Waals surface area contributed by atoms with Crippen LogP contribution in [-0.4, -0.2) is 42.4 Å². The summed E-state index contributed by atoms with van der Waals surface area (Å²) in [7, 11) is 3.87. The second kappa shape index (κ2) is 11.1. The third-order valence-corrected chi connectivity index (χ3v) is 4.77. The van der Waals surface area contributed by atoms with Gasteiger partial charge in [0.05, 0.1) is 23.0 Å². The maximum Gasteiger partial charge on any atom is 0.262 e. The fourth-order valence-electron chi connectivity index (χ4n) is 3.19. The van der Waals surface area contributed by atoms with E-state index < -0.39 is 0 Å². The minimum Gasteiger partial charge on any atom is -0.482 e. The van der Waals surface area contributed by atoms with Crippen LogP contribution in [0.4, 0.5) is 5.69 Å². The molecule has 0 saturated heterocycles. The number of amides is 2. The first kappa shape index (κ1) is 23.0. The number of nitrogens with zero attached hydrogens (tertiary/aromatic N) is 2. The third kappa shape index (κ3) is 6.39. The number of aromatic nitrogens is 1. The van der Waals surface area contributed by atoms with Crippen molar-refractivity contribution >= 4 is 17.5 Å². The Balaban J connectivity index is 1.63. The largest absolute Gasteiger partial charge is 0.482 e. The molecule has 7 nitrogen and oxygen atoms in total. The molecule has 1 aromatic heterocycles. The molecule has 1 unspecified atom stereocenters. The topological polar surface area (TPSA) is 83.6 Å². The molecule has 0 aliphatic rings. The highest BCUT2D eigenvalue weighted by atomic mass is 16.5. The second-order valence-electron chi connectivity index (χ2n) is 7.67. The number of nitrogens with one attached hydrogen (secondary N) is 2. The van der Waals surface area contributed by atoms with Crippen LogP contribution in [0.15, 0.2) is 72.9 Å². The van der Waals surface area contributed by atoms with Crippen LogP contribution in [0.2, 0.25) is 0 Å². The van der Waals surface area contributed by atoms with Gasteiger partial charge in [-0.25, -0.2) is 0 Å². The summed E-state index contributed by atoms with van der Waals surface area (Å²) in [4.78, 5) is 31.7. The van der Waals surface area contributed by atoms with E-state index in [4.69, 9.17) is 4.74 Å². The molecule has 3 rings (SSSR count). The Morgan fingerprint density at radius 1 is 1.00 bits per heavy atom. The van der Waals surface area contributed by atoms with E-state index in [1.165, 1.54) is 0 Å². The molecule has 0 aliphatic heterocycles. The highest BCUT2D eigenvalue weighted by molar-refractivity contribution is 6.04. The zero-order chi connectivity index (χ0) is 22.9. The Hall–Kier alpha value is -3.71. The molecule has 7 heteroatoms. The van der Waals surface area contributed by atoms with Crippen molar-refractivity contribution in [1.29, 1.82) is 0 Å². The Morgan fingerprint density at radius 3 is 2.47 bits per heavy atom. The highest BCUT2D eigenvalue weighted by Crippen LogP contribution is 2.19. The van der Waals surface area contributed by atoms with Gasteiger partial charge >= 0.3 is 0 Å². The van der Waals surface area contributed by atoms with Crippen LogP contribution in [-0.2, 0) is 11.3 Å². The van der Waals surface area contributed by atoms with Crippen molar-refractivity contribution in [3.8, 4) is 5.75 Å². The maximum absolute atomic E-state index is 12.9. The predicted octanol–water partition coefficient (Wildman–Crippen LogP) is 3.65. The summed E-state index contributed by atoms with van der Waals surface area (Å²) in [6, 6.07) is 20.0. The quantitative estimate of drug-likeness (QED) is 0.539. The summed E-state index contributed by atoms with van der Waals surface area (Å²) in [6.07, 6.45) is 1.69. The smallest absolute Gasteiger partial charge is 0.262 e. The van der Waals surface area contributed by atoms with E-state index in [1.807, 2.05) is 56.3 Å². The highest BCUT2D eigenvalue weighted by Gasteiger charge is 2.16. The van der Waals surface area contributed by atoms with Crippen molar-refractivity contribution in [2.75, 3.05) is 26.0 Å². The van der Waals surface area contributed by atoms with Gasteiger partial charge in [0.15, 0.2) is 6.61 Å². The Kier molecular flexibility index (Phi) is 7.94. The molecule has 3 aromatic rings. The van der Waals surface area contributed by atoms with Crippen molar-refractivity contribution in [2.24, 2.45) is 0 Å². The number of ether oxygens (including phenoxy) is 1. The Bertz CT molecular complexity index is 1050. The lowest BCUT2D eigenvalue weighted by atomic mass is 10.1. The first-order chi connectivity index (χ1) is 15.4. The first-order valence-electron chi connectivity index (χ1n) is 10.4. The molecular weight excluding hydrogens is 404 g/mol. The van der Waals surface area contributed by atoms with Gasteiger partial charge in [-0.1, -0.05) is 42.5 Å². The molecule has 166 valence electrons. The fraction of sp³-hybridized carbons (Fsp3) is 0.240. The fourth-order valence-corrected chi connectivity index (χ4v) is 3.19. The van der Waals surface area contributed by atoms with E-state index in [1.54, 1.807) is 42.6 Å². The summed E-state index contributed by atoms with van der Waals surface area (Å²) >= 11 is 0. The number of rotatable bonds is 9. The van der Waals surface area contributed by atoms with Crippen molar-refractivity contribution in [2.45, 2.75) is 19.5 Å². The van der Waals surface area contributed by atoms with Crippen molar-refractivity contribution in [3.05, 3.63) is 89.7 Å². The minimum atomic E-state index is -0.360. The molecule has 1 heterocycles. The minimum absolute atomic E-state index is 0.170. The van der Waals surface area contributed by atoms with Gasteiger partial charge in [-0.05, 0) is 50.8 Å². The maximum atomic E-state index is 12.9. The number of para-hydroxylation sites is 1. The number of anilines is 1. The summed E-state index contributed by atoms with van der Waals surface area (Å²) in [6.45, 7) is 2.32. The lowest BCUT2D eigenvalue weighted by molar-refractivity contribution is -0.118. The normalized spacial score (nSPS) is 11.6. The van der Waals surface area contributed by atoms with E-state index in [0.29, 0.717) is 23.5 Å². The number of hydrogen-bond donors (Lipinski definition) is 2. The van der Waals surface area contributed by atoms with Crippen molar-refractivity contribution < 1.29 is 14.3 Å². The Labute approximate surface area is 188 Å². The second-order valence-corrected chi connectivity index (χ2v) is 7.67. The SMILES string of the molecule is CC(NC(=O)c1ccccc1NC(=O)COc1cccnc1CN(C)C)c1ccccc1. The van der Waals surface area contributed by atoms with Gasteiger partial charge in [0.1, 0.15) is 5.75 Å². The molecule has 0 aliphatic carbocycles. The zero-order valence-electron chi connectivity index (χ0n) is 18.5. The molecule has 0 saturated carbocycles. The zero-order valence-corrected chi connectivity index (χ0v) is 18.5. The van der Waals surface area contributed by atoms with Gasteiger partial charge < -0.3 is 20.3 Å². The van der Waals surface area contributed by atoms with Crippen LogP contribution in [0, 0.1) is 0 Å². The average Bonchev–Trinajstić information content (AvgIpc) is 2.79. The predicted molar refractivity (Wildman–Crippen MR) is 125 cm³/mol. The monoisotopic (exact) mass is 432 g/mol. The van der Waals surface area contributed by atoms with Gasteiger partial charge in [-0.2, -0.15) is 0 Å². The summed E-state index contributed by atoms with van der Waals surface area (Å²) in [5.41, 5.74) is 2.57. The van der Waals surface area contributed by atoms with Gasteiger partial charge in [-0.3, -0.25) is 14.6 Å². The lowest BCUT2D eigenvalue weighted by Crippen LogP contribution is -2.28. The standard InChI is InChI=1S/C25H28N4O3/c1-18(19-10-5-4-6-11-19)27-25(31)20-12-7-8-13-21(20)28-24(30)17-32-23-14-9-15-26-22(23)16-29(2)3/h4-15,18H,16-17H2,1-3H3,(H,27,31)(H,28,30). The van der Waals surface area contributed by atoms with Crippen molar-refractivity contribution in [1.82, 2.24) is 15.2 Å². The number of hydrogen-bond acceptors (Lipinski definition) is 5. The average molecular weight is 433 g/mol. The van der Waals surface area contributed by atoms with Gasteiger partial charge in [0.2, 0.25) is 0 Å². The van der Waals surface area contributed by atoms with E-state index in [2.05, 4.69) is 15.6 Å². The molecule has 0 bridgehead atoms. The third-order valence-electron chi connectivity index (χ3n) is 4.77. The molecule has 0 spiro atoms. The molecule has 2 amide bonds. The van der Waals surface area contributed by atoms with E-state index in [9.17, 15) is 9.59 Å². The first-order valence-corrected chi connectivity index (χ1v) is 10.4. The molecule has 0 radical (unpaired) electrons. The van der Waals surface area contributed by atoms with Crippen LogP contribution in [0.1, 0.15) is 34.6 Å². The molecular formula is C25H28N4O3. The Morgan fingerprint density at radius 2 is 1.72 bits per heavy atom. The number of benzene rings is 2. The van der Waals surface area contributed by atoms with Crippen LogP contribution in [0.25, 0.3) is 0 Å². The van der Waals surface area contributed by atoms with Gasteiger partial charge in [0, 0.05) is 12.7 Å². The number of carbonyl (C=O) groups excluding carboxylic acids is 2. The van der Waals surface area contributed by atoms with Crippen LogP contribution >= 0.6 is 0 Å². The molecule has 32 heavy (non-hydrogen) atoms. The number of pyridine rings is 1. The molecule has 0 fully saturated rings. The molecule has 2 N–H and O–H groups in total. The summed E-state index contributed by atoms with van der Waals surface area (Å²) in [5, 5.41) is 5.75. The van der Waals surface area contributed by atoms with Crippen molar-refractivity contribution in [3.63, 3.8) is 0 Å². The van der Waals surface area contributed by atoms with Crippen LogP contribution < -0.4 is 15.4 Å². The molecule has 1 atom stereocenters. The lowest BCUT2D eigenvalue weighted by Gasteiger charge is -2.17. The van der Waals surface area contributed by atoms with Gasteiger partial charge in [-0.15, -0.1) is 0 Å². The van der Waals surface area contributed by atoms with Crippen LogP contribution in [0.3, 0.4) is 0 Å². The van der Waals surface area contributed by atoms with Gasteiger partial charge in [0.25, 0.3) is 11.8 Å². The molecule has 2 aromatic carbocycles. The number of carbonyl (C=O) groups is 2. The van der Waals surface area contributed by atoms with Crippen LogP contribution in [0.5, 0.6) is 5.75 Å².